The van der Waals surface area contributed by atoms with Crippen LogP contribution in [-0.4, -0.2) is 10.2 Å². The SMILES string of the molecule is Cc1nnc(-c2cc(F)ccc2N)o1. The van der Waals surface area contributed by atoms with Gasteiger partial charge in [0.1, 0.15) is 5.82 Å². The van der Waals surface area contributed by atoms with Crippen molar-refractivity contribution in [2.45, 2.75) is 6.92 Å². The highest BCUT2D eigenvalue weighted by atomic mass is 19.1. The minimum absolute atomic E-state index is 0.236. The largest absolute Gasteiger partial charge is 0.421 e. The lowest BCUT2D eigenvalue weighted by Crippen LogP contribution is -1.91. The minimum atomic E-state index is -0.384. The van der Waals surface area contributed by atoms with Gasteiger partial charge in [-0.2, -0.15) is 0 Å². The van der Waals surface area contributed by atoms with Gasteiger partial charge in [0.05, 0.1) is 5.56 Å². The molecule has 0 fully saturated rings. The number of rotatable bonds is 1. The van der Waals surface area contributed by atoms with Gasteiger partial charge in [-0.15, -0.1) is 10.2 Å². The topological polar surface area (TPSA) is 64.9 Å². The van der Waals surface area contributed by atoms with Crippen LogP contribution in [0.5, 0.6) is 0 Å². The number of nitrogen functional groups attached to an aromatic ring is 1. The van der Waals surface area contributed by atoms with Gasteiger partial charge in [-0.1, -0.05) is 0 Å². The Kier molecular flexibility index (Phi) is 1.92. The van der Waals surface area contributed by atoms with Crippen LogP contribution in [0.25, 0.3) is 11.5 Å². The van der Waals surface area contributed by atoms with Crippen molar-refractivity contribution in [2.24, 2.45) is 0 Å². The van der Waals surface area contributed by atoms with Gasteiger partial charge in [0, 0.05) is 12.6 Å². The second-order valence-electron chi connectivity index (χ2n) is 2.86. The Bertz CT molecular complexity index is 467. The molecule has 2 aromatic rings. The molecule has 0 aliphatic rings. The second-order valence-corrected chi connectivity index (χ2v) is 2.86. The zero-order valence-electron chi connectivity index (χ0n) is 7.49. The molecule has 0 amide bonds. The second kappa shape index (κ2) is 3.10. The number of benzene rings is 1. The van der Waals surface area contributed by atoms with Crippen molar-refractivity contribution in [3.63, 3.8) is 0 Å². The summed E-state index contributed by atoms with van der Waals surface area (Å²) in [5.74, 6) is 0.271. The third-order valence-electron chi connectivity index (χ3n) is 1.77. The molecule has 72 valence electrons. The molecule has 1 aromatic carbocycles. The molecule has 4 nitrogen and oxygen atoms in total. The van der Waals surface area contributed by atoms with E-state index in [0.29, 0.717) is 17.1 Å². The number of anilines is 1. The lowest BCUT2D eigenvalue weighted by molar-refractivity contribution is 0.532. The Morgan fingerprint density at radius 1 is 1.36 bits per heavy atom. The van der Waals surface area contributed by atoms with E-state index in [1.54, 1.807) is 6.92 Å². The van der Waals surface area contributed by atoms with E-state index in [9.17, 15) is 4.39 Å². The fraction of sp³-hybridized carbons (Fsp3) is 0.111. The predicted molar refractivity (Wildman–Crippen MR) is 48.8 cm³/mol. The van der Waals surface area contributed by atoms with E-state index in [0.717, 1.165) is 0 Å². The van der Waals surface area contributed by atoms with E-state index in [-0.39, 0.29) is 11.7 Å². The Labute approximate surface area is 79.6 Å². The molecule has 0 radical (unpaired) electrons. The Hall–Kier alpha value is -1.91. The molecule has 0 spiro atoms. The van der Waals surface area contributed by atoms with Crippen molar-refractivity contribution in [1.29, 1.82) is 0 Å². The number of nitrogens with two attached hydrogens (primary N) is 1. The first-order valence-electron chi connectivity index (χ1n) is 4.02. The number of aryl methyl sites for hydroxylation is 1. The van der Waals surface area contributed by atoms with E-state index in [1.165, 1.54) is 18.2 Å². The molecule has 0 saturated heterocycles. The zero-order chi connectivity index (χ0) is 10.1. The number of hydrogen-bond donors (Lipinski definition) is 1. The summed E-state index contributed by atoms with van der Waals surface area (Å²) in [6.07, 6.45) is 0. The van der Waals surface area contributed by atoms with Crippen molar-refractivity contribution < 1.29 is 8.81 Å². The molecule has 1 heterocycles. The van der Waals surface area contributed by atoms with Gasteiger partial charge in [0.2, 0.25) is 11.8 Å². The summed E-state index contributed by atoms with van der Waals surface area (Å²) in [5.41, 5.74) is 6.47. The molecular formula is C9H8FN3O. The van der Waals surface area contributed by atoms with Crippen molar-refractivity contribution in [2.75, 3.05) is 5.73 Å². The summed E-state index contributed by atoms with van der Waals surface area (Å²) in [6.45, 7) is 1.66. The summed E-state index contributed by atoms with van der Waals surface area (Å²) >= 11 is 0. The molecule has 0 unspecified atom stereocenters. The summed E-state index contributed by atoms with van der Waals surface area (Å²) in [6, 6.07) is 4.01. The highest BCUT2D eigenvalue weighted by molar-refractivity contribution is 5.69. The van der Waals surface area contributed by atoms with Gasteiger partial charge in [-0.25, -0.2) is 4.39 Å². The predicted octanol–water partition coefficient (Wildman–Crippen LogP) is 1.77. The summed E-state index contributed by atoms with van der Waals surface area (Å²) in [4.78, 5) is 0. The Morgan fingerprint density at radius 2 is 2.14 bits per heavy atom. The lowest BCUT2D eigenvalue weighted by Gasteiger charge is -1.99. The van der Waals surface area contributed by atoms with Crippen LogP contribution in [0.3, 0.4) is 0 Å². The van der Waals surface area contributed by atoms with E-state index in [4.69, 9.17) is 10.2 Å². The number of nitrogens with zero attached hydrogens (tertiary/aromatic N) is 2. The first-order chi connectivity index (χ1) is 6.66. The fourth-order valence-corrected chi connectivity index (χ4v) is 1.12. The Balaban J connectivity index is 2.55. The molecule has 0 atom stereocenters. The van der Waals surface area contributed by atoms with Crippen molar-refractivity contribution in [1.82, 2.24) is 10.2 Å². The van der Waals surface area contributed by atoms with Crippen LogP contribution in [0.15, 0.2) is 22.6 Å². The van der Waals surface area contributed by atoms with E-state index in [1.807, 2.05) is 0 Å². The first-order valence-corrected chi connectivity index (χ1v) is 4.02. The molecule has 0 aliphatic heterocycles. The molecule has 0 bridgehead atoms. The highest BCUT2D eigenvalue weighted by Gasteiger charge is 2.10. The Morgan fingerprint density at radius 3 is 2.79 bits per heavy atom. The maximum absolute atomic E-state index is 12.9. The minimum Gasteiger partial charge on any atom is -0.421 e. The lowest BCUT2D eigenvalue weighted by atomic mass is 10.2. The molecule has 5 heteroatoms. The third kappa shape index (κ3) is 1.44. The van der Waals surface area contributed by atoms with Gasteiger partial charge in [0.15, 0.2) is 0 Å². The molecule has 14 heavy (non-hydrogen) atoms. The van der Waals surface area contributed by atoms with Crippen molar-refractivity contribution in [3.05, 3.63) is 29.9 Å². The van der Waals surface area contributed by atoms with Crippen LogP contribution in [0.1, 0.15) is 5.89 Å². The molecule has 1 aromatic heterocycles. The smallest absolute Gasteiger partial charge is 0.249 e. The number of aromatic nitrogens is 2. The average Bonchev–Trinajstić information content (AvgIpc) is 2.56. The molecule has 0 saturated carbocycles. The van der Waals surface area contributed by atoms with Crippen LogP contribution >= 0.6 is 0 Å². The van der Waals surface area contributed by atoms with Crippen LogP contribution < -0.4 is 5.73 Å². The summed E-state index contributed by atoms with van der Waals surface area (Å²) < 4.78 is 18.0. The van der Waals surface area contributed by atoms with Crippen LogP contribution in [-0.2, 0) is 0 Å². The van der Waals surface area contributed by atoms with Gasteiger partial charge < -0.3 is 10.2 Å². The summed E-state index contributed by atoms with van der Waals surface area (Å²) in [5, 5.41) is 7.39. The maximum Gasteiger partial charge on any atom is 0.249 e. The zero-order valence-corrected chi connectivity index (χ0v) is 7.49. The van der Waals surface area contributed by atoms with Crippen molar-refractivity contribution >= 4 is 5.69 Å². The average molecular weight is 193 g/mol. The monoisotopic (exact) mass is 193 g/mol. The number of halogens is 1. The number of hydrogen-bond acceptors (Lipinski definition) is 4. The molecule has 0 aliphatic carbocycles. The van der Waals surface area contributed by atoms with Crippen molar-refractivity contribution in [3.8, 4) is 11.5 Å². The molecular weight excluding hydrogens is 185 g/mol. The van der Waals surface area contributed by atoms with Crippen LogP contribution in [0.4, 0.5) is 10.1 Å². The van der Waals surface area contributed by atoms with E-state index >= 15 is 0 Å². The normalized spacial score (nSPS) is 10.4. The van der Waals surface area contributed by atoms with Crippen LogP contribution in [0.2, 0.25) is 0 Å². The maximum atomic E-state index is 12.9. The van der Waals surface area contributed by atoms with Gasteiger partial charge in [0.25, 0.3) is 0 Å². The van der Waals surface area contributed by atoms with Gasteiger partial charge >= 0.3 is 0 Å². The van der Waals surface area contributed by atoms with E-state index < -0.39 is 0 Å². The van der Waals surface area contributed by atoms with Gasteiger partial charge in [-0.05, 0) is 18.2 Å². The van der Waals surface area contributed by atoms with E-state index in [2.05, 4.69) is 10.2 Å². The molecule has 2 rings (SSSR count). The third-order valence-corrected chi connectivity index (χ3v) is 1.77. The standard InChI is InChI=1S/C9H8FN3O/c1-5-12-13-9(14-5)7-4-6(10)2-3-8(7)11/h2-4H,11H2,1H3. The fourth-order valence-electron chi connectivity index (χ4n) is 1.12. The van der Waals surface area contributed by atoms with Crippen LogP contribution in [0, 0.1) is 12.7 Å². The van der Waals surface area contributed by atoms with Gasteiger partial charge in [-0.3, -0.25) is 0 Å². The first kappa shape index (κ1) is 8.68. The molecule has 2 N–H and O–H groups in total. The quantitative estimate of drug-likeness (QED) is 0.701. The summed E-state index contributed by atoms with van der Waals surface area (Å²) in [7, 11) is 0. The highest BCUT2D eigenvalue weighted by Crippen LogP contribution is 2.24.